The van der Waals surface area contributed by atoms with Crippen LogP contribution < -0.4 is 5.32 Å². The van der Waals surface area contributed by atoms with Gasteiger partial charge in [0.05, 0.1) is 23.6 Å². The number of rotatable bonds is 4. The van der Waals surface area contributed by atoms with E-state index < -0.39 is 0 Å². The molecule has 5 nitrogen and oxygen atoms in total. The number of aryl methyl sites for hydroxylation is 2. The topological polar surface area (TPSA) is 59.8 Å². The minimum atomic E-state index is -0.102. The van der Waals surface area contributed by atoms with Crippen LogP contribution in [0.3, 0.4) is 0 Å². The number of carbonyl (C=O) groups is 1. The normalized spacial score (nSPS) is 10.5. The van der Waals surface area contributed by atoms with E-state index in [4.69, 9.17) is 0 Å². The number of benzene rings is 1. The molecule has 0 saturated heterocycles. The van der Waals surface area contributed by atoms with Gasteiger partial charge in [-0.25, -0.2) is 0 Å². The Balaban J connectivity index is 1.69. The van der Waals surface area contributed by atoms with Crippen LogP contribution >= 0.6 is 0 Å². The summed E-state index contributed by atoms with van der Waals surface area (Å²) in [6, 6.07) is 15.2. The summed E-state index contributed by atoms with van der Waals surface area (Å²) in [4.78, 5) is 16.5. The highest BCUT2D eigenvalue weighted by Crippen LogP contribution is 2.16. The van der Waals surface area contributed by atoms with Gasteiger partial charge in [-0.15, -0.1) is 0 Å². The zero-order valence-electron chi connectivity index (χ0n) is 13.2. The van der Waals surface area contributed by atoms with Crippen LogP contribution in [0.5, 0.6) is 0 Å². The molecule has 1 aromatic carbocycles. The third-order valence-electron chi connectivity index (χ3n) is 3.60. The Bertz CT molecular complexity index is 807. The zero-order chi connectivity index (χ0) is 16.2. The summed E-state index contributed by atoms with van der Waals surface area (Å²) in [5, 5.41) is 7.32. The molecule has 0 saturated carbocycles. The maximum atomic E-state index is 12.1. The second-order valence-corrected chi connectivity index (χ2v) is 5.41. The summed E-state index contributed by atoms with van der Waals surface area (Å²) < 4.78 is 1.77. The van der Waals surface area contributed by atoms with Gasteiger partial charge in [0.25, 0.3) is 5.91 Å². The van der Waals surface area contributed by atoms with Crippen LogP contribution in [0.25, 0.3) is 11.4 Å². The number of amides is 1. The maximum Gasteiger partial charge on any atom is 0.251 e. The van der Waals surface area contributed by atoms with Gasteiger partial charge in [0.1, 0.15) is 0 Å². The van der Waals surface area contributed by atoms with E-state index in [9.17, 15) is 4.79 Å². The fraction of sp³-hybridized carbons (Fsp3) is 0.167. The van der Waals surface area contributed by atoms with E-state index >= 15 is 0 Å². The fourth-order valence-corrected chi connectivity index (χ4v) is 2.34. The molecule has 0 spiro atoms. The second kappa shape index (κ2) is 6.44. The van der Waals surface area contributed by atoms with Crippen molar-refractivity contribution in [2.45, 2.75) is 13.5 Å². The molecular weight excluding hydrogens is 288 g/mol. The zero-order valence-corrected chi connectivity index (χ0v) is 13.2. The molecule has 1 amide bonds. The van der Waals surface area contributed by atoms with Gasteiger partial charge >= 0.3 is 0 Å². The molecule has 116 valence electrons. The summed E-state index contributed by atoms with van der Waals surface area (Å²) in [6.07, 6.45) is 1.75. The van der Waals surface area contributed by atoms with Crippen molar-refractivity contribution in [2.75, 3.05) is 0 Å². The van der Waals surface area contributed by atoms with E-state index in [1.165, 1.54) is 0 Å². The number of carbonyl (C=O) groups excluding carboxylic acids is 1. The van der Waals surface area contributed by atoms with Crippen molar-refractivity contribution in [3.63, 3.8) is 0 Å². The van der Waals surface area contributed by atoms with Crippen LogP contribution in [0.2, 0.25) is 0 Å². The molecule has 3 aromatic rings. The smallest absolute Gasteiger partial charge is 0.251 e. The van der Waals surface area contributed by atoms with Crippen LogP contribution in [0.1, 0.15) is 21.6 Å². The average Bonchev–Trinajstić information content (AvgIpc) is 2.95. The van der Waals surface area contributed by atoms with Gasteiger partial charge in [0.15, 0.2) is 0 Å². The Morgan fingerprint density at radius 2 is 1.96 bits per heavy atom. The van der Waals surface area contributed by atoms with Gasteiger partial charge < -0.3 is 5.32 Å². The van der Waals surface area contributed by atoms with Gasteiger partial charge in [0.2, 0.25) is 0 Å². The lowest BCUT2D eigenvalue weighted by Gasteiger charge is -2.03. The van der Waals surface area contributed by atoms with E-state index in [0.717, 1.165) is 22.6 Å². The number of pyridine rings is 1. The van der Waals surface area contributed by atoms with E-state index in [1.54, 1.807) is 10.9 Å². The molecule has 5 heteroatoms. The Labute approximate surface area is 135 Å². The van der Waals surface area contributed by atoms with Crippen LogP contribution in [-0.2, 0) is 13.6 Å². The van der Waals surface area contributed by atoms with Crippen molar-refractivity contribution >= 4 is 5.91 Å². The third-order valence-corrected chi connectivity index (χ3v) is 3.60. The molecule has 1 N–H and O–H groups in total. The predicted molar refractivity (Wildman–Crippen MR) is 88.8 cm³/mol. The first-order valence-corrected chi connectivity index (χ1v) is 7.42. The van der Waals surface area contributed by atoms with Gasteiger partial charge in [0, 0.05) is 18.8 Å². The Kier molecular flexibility index (Phi) is 4.19. The van der Waals surface area contributed by atoms with E-state index in [1.807, 2.05) is 62.5 Å². The molecule has 0 aliphatic carbocycles. The first-order valence-electron chi connectivity index (χ1n) is 7.42. The summed E-state index contributed by atoms with van der Waals surface area (Å²) in [5.41, 5.74) is 4.36. The molecule has 0 atom stereocenters. The Hall–Kier alpha value is -2.95. The lowest BCUT2D eigenvalue weighted by molar-refractivity contribution is 0.0950. The van der Waals surface area contributed by atoms with Crippen molar-refractivity contribution in [1.29, 1.82) is 0 Å². The first kappa shape index (κ1) is 15.0. The van der Waals surface area contributed by atoms with Crippen molar-refractivity contribution in [3.8, 4) is 11.4 Å². The largest absolute Gasteiger partial charge is 0.346 e. The molecule has 0 radical (unpaired) electrons. The lowest BCUT2D eigenvalue weighted by atomic mass is 10.1. The second-order valence-electron chi connectivity index (χ2n) is 5.41. The van der Waals surface area contributed by atoms with Gasteiger partial charge in [-0.05, 0) is 37.3 Å². The molecule has 0 fully saturated rings. The van der Waals surface area contributed by atoms with Gasteiger partial charge in [-0.1, -0.05) is 23.8 Å². The number of hydrogen-bond donors (Lipinski definition) is 1. The van der Waals surface area contributed by atoms with Gasteiger partial charge in [-0.2, -0.15) is 5.10 Å². The molecule has 0 bridgehead atoms. The molecular formula is C18H18N4O. The molecule has 2 aromatic heterocycles. The number of nitrogens with zero attached hydrogens (tertiary/aromatic N) is 3. The van der Waals surface area contributed by atoms with Gasteiger partial charge in [-0.3, -0.25) is 14.5 Å². The first-order chi connectivity index (χ1) is 11.1. The standard InChI is InChI=1S/C18H18N4O/c1-13-6-8-14(9-7-13)18(23)20-12-15-11-17(22(2)21-15)16-5-3-4-10-19-16/h3-11H,12H2,1-2H3,(H,20,23). The van der Waals surface area contributed by atoms with Crippen molar-refractivity contribution in [3.05, 3.63) is 71.5 Å². The van der Waals surface area contributed by atoms with Crippen LogP contribution in [-0.4, -0.2) is 20.7 Å². The molecule has 23 heavy (non-hydrogen) atoms. The number of nitrogens with one attached hydrogen (secondary N) is 1. The molecule has 3 rings (SSSR count). The predicted octanol–water partition coefficient (Wildman–Crippen LogP) is 2.72. The number of hydrogen-bond acceptors (Lipinski definition) is 3. The SMILES string of the molecule is Cc1ccc(C(=O)NCc2cc(-c3ccccn3)n(C)n2)cc1. The molecule has 0 unspecified atom stereocenters. The van der Waals surface area contributed by atoms with Crippen molar-refractivity contribution in [2.24, 2.45) is 7.05 Å². The number of aromatic nitrogens is 3. The monoisotopic (exact) mass is 306 g/mol. The fourth-order valence-electron chi connectivity index (χ4n) is 2.34. The van der Waals surface area contributed by atoms with Crippen molar-refractivity contribution < 1.29 is 4.79 Å². The molecule has 2 heterocycles. The highest BCUT2D eigenvalue weighted by atomic mass is 16.1. The highest BCUT2D eigenvalue weighted by Gasteiger charge is 2.10. The van der Waals surface area contributed by atoms with E-state index in [2.05, 4.69) is 15.4 Å². The van der Waals surface area contributed by atoms with Crippen LogP contribution in [0.4, 0.5) is 0 Å². The molecule has 0 aliphatic rings. The summed E-state index contributed by atoms with van der Waals surface area (Å²) in [6.45, 7) is 2.38. The van der Waals surface area contributed by atoms with Crippen LogP contribution in [0.15, 0.2) is 54.7 Å². The van der Waals surface area contributed by atoms with E-state index in [-0.39, 0.29) is 5.91 Å². The Morgan fingerprint density at radius 1 is 1.17 bits per heavy atom. The minimum absolute atomic E-state index is 0.102. The Morgan fingerprint density at radius 3 is 2.65 bits per heavy atom. The third kappa shape index (κ3) is 3.45. The highest BCUT2D eigenvalue weighted by molar-refractivity contribution is 5.94. The minimum Gasteiger partial charge on any atom is -0.346 e. The van der Waals surface area contributed by atoms with Crippen molar-refractivity contribution in [1.82, 2.24) is 20.1 Å². The van der Waals surface area contributed by atoms with Crippen LogP contribution in [0, 0.1) is 6.92 Å². The average molecular weight is 306 g/mol. The summed E-state index contributed by atoms with van der Waals surface area (Å²) >= 11 is 0. The maximum absolute atomic E-state index is 12.1. The van der Waals surface area contributed by atoms with E-state index in [0.29, 0.717) is 12.1 Å². The summed E-state index contributed by atoms with van der Waals surface area (Å²) in [7, 11) is 1.87. The summed E-state index contributed by atoms with van der Waals surface area (Å²) in [5.74, 6) is -0.102. The quantitative estimate of drug-likeness (QED) is 0.806. The molecule has 0 aliphatic heterocycles. The lowest BCUT2D eigenvalue weighted by Crippen LogP contribution is -2.23.